The Kier molecular flexibility index (Phi) is 3.95. The van der Waals surface area contributed by atoms with E-state index in [1.165, 1.54) is 36.4 Å². The topological polar surface area (TPSA) is 101 Å². The predicted octanol–water partition coefficient (Wildman–Crippen LogP) is 0.878. The summed E-state index contributed by atoms with van der Waals surface area (Å²) in [6.07, 6.45) is 1.09. The summed E-state index contributed by atoms with van der Waals surface area (Å²) < 4.78 is 10.7. The first-order valence-corrected chi connectivity index (χ1v) is 5.52. The van der Waals surface area contributed by atoms with Crippen LogP contribution in [-0.2, 0) is 4.70 Å². The van der Waals surface area contributed by atoms with Gasteiger partial charge in [0, 0.05) is 0 Å². The molecule has 7 nitrogen and oxygen atoms in total. The quantitative estimate of drug-likeness (QED) is 0.635. The number of aliphatic imine (C=N–C) groups is 1. The molecule has 8 heteroatoms. The molecule has 0 aliphatic rings. The van der Waals surface area contributed by atoms with Crippen LogP contribution in [0.3, 0.4) is 0 Å². The van der Waals surface area contributed by atoms with Crippen LogP contribution in [0.5, 0.6) is 11.8 Å². The number of aromatic hydroxyl groups is 2. The number of rotatable bonds is 4. The summed E-state index contributed by atoms with van der Waals surface area (Å²) in [7, 11) is 0.541. The SMILES string of the molecule is O=BC=Nc1ccc(C(=O)On2c(O)ccc2O)cc1. The molecule has 2 aromatic rings. The van der Waals surface area contributed by atoms with Gasteiger partial charge in [0.2, 0.25) is 0 Å². The van der Waals surface area contributed by atoms with Gasteiger partial charge in [0.25, 0.3) is 0 Å². The van der Waals surface area contributed by atoms with E-state index in [1.807, 2.05) is 0 Å². The van der Waals surface area contributed by atoms with Gasteiger partial charge in [-0.05, 0) is 0 Å². The number of nitrogens with zero attached hydrogens (tertiary/aromatic N) is 2. The van der Waals surface area contributed by atoms with Crippen molar-refractivity contribution >= 4 is 24.9 Å². The number of benzene rings is 1. The van der Waals surface area contributed by atoms with E-state index in [-0.39, 0.29) is 5.56 Å². The van der Waals surface area contributed by atoms with Crippen LogP contribution in [0.1, 0.15) is 10.4 Å². The summed E-state index contributed by atoms with van der Waals surface area (Å²) in [5, 5.41) is 18.7. The van der Waals surface area contributed by atoms with Crippen LogP contribution in [0.15, 0.2) is 41.4 Å². The normalized spacial score (nSPS) is 10.4. The molecular weight excluding hydrogens is 263 g/mol. The Hall–Kier alpha value is -2.90. The summed E-state index contributed by atoms with van der Waals surface area (Å²) >= 11 is 0. The van der Waals surface area contributed by atoms with E-state index in [9.17, 15) is 19.7 Å². The molecule has 1 aromatic heterocycles. The molecule has 2 rings (SSSR count). The van der Waals surface area contributed by atoms with Gasteiger partial charge in [0.05, 0.1) is 0 Å². The van der Waals surface area contributed by atoms with E-state index in [0.29, 0.717) is 17.6 Å². The molecule has 0 unspecified atom stereocenters. The molecule has 0 amide bonds. The van der Waals surface area contributed by atoms with E-state index < -0.39 is 17.7 Å². The molecule has 100 valence electrons. The minimum atomic E-state index is -0.766. The van der Waals surface area contributed by atoms with Crippen molar-refractivity contribution in [3.05, 3.63) is 42.0 Å². The Balaban J connectivity index is 2.14. The standard InChI is InChI=1S/C12H9BN2O5/c16-10-5-6-11(17)15(10)20-12(18)8-1-3-9(4-2-8)14-7-13-19/h1-7,16-17H. The molecule has 2 N–H and O–H groups in total. The minimum absolute atomic E-state index is 0.197. The molecule has 20 heavy (non-hydrogen) atoms. The molecule has 0 fully saturated rings. The van der Waals surface area contributed by atoms with E-state index in [2.05, 4.69) is 4.99 Å². The van der Waals surface area contributed by atoms with Gasteiger partial charge >= 0.3 is 113 Å². The van der Waals surface area contributed by atoms with Gasteiger partial charge in [-0.15, -0.1) is 0 Å². The van der Waals surface area contributed by atoms with Crippen molar-refractivity contribution in [2.45, 2.75) is 0 Å². The summed E-state index contributed by atoms with van der Waals surface area (Å²) in [5.41, 5.74) is 0.697. The van der Waals surface area contributed by atoms with Gasteiger partial charge in [-0.25, -0.2) is 0 Å². The number of hydrogen-bond donors (Lipinski definition) is 2. The number of hydrogen-bond acceptors (Lipinski definition) is 6. The third-order valence-corrected chi connectivity index (χ3v) is 2.36. The second-order valence-corrected chi connectivity index (χ2v) is 3.68. The van der Waals surface area contributed by atoms with Crippen LogP contribution >= 0.6 is 0 Å². The zero-order valence-corrected chi connectivity index (χ0v) is 10.1. The van der Waals surface area contributed by atoms with E-state index >= 15 is 0 Å². The van der Waals surface area contributed by atoms with Crippen LogP contribution in [0.4, 0.5) is 5.69 Å². The van der Waals surface area contributed by atoms with Crippen molar-refractivity contribution < 1.29 is 24.5 Å². The fourth-order valence-corrected chi connectivity index (χ4v) is 1.43. The summed E-state index contributed by atoms with van der Waals surface area (Å²) in [6, 6.07) is 8.28. The first-order valence-electron chi connectivity index (χ1n) is 5.52. The fourth-order valence-electron chi connectivity index (χ4n) is 1.43. The number of aromatic nitrogens is 1. The predicted molar refractivity (Wildman–Crippen MR) is 69.7 cm³/mol. The zero-order chi connectivity index (χ0) is 14.5. The summed E-state index contributed by atoms with van der Waals surface area (Å²) in [5.74, 6) is -1.57. The molecule has 0 saturated heterocycles. The Bertz CT molecular complexity index is 643. The molecule has 1 aromatic carbocycles. The van der Waals surface area contributed by atoms with Gasteiger partial charge in [-0.2, -0.15) is 0 Å². The molecular formula is C12H9BN2O5. The van der Waals surface area contributed by atoms with Crippen molar-refractivity contribution in [1.82, 2.24) is 4.73 Å². The maximum atomic E-state index is 11.8. The molecule has 0 saturated carbocycles. The van der Waals surface area contributed by atoms with Crippen LogP contribution in [0.25, 0.3) is 0 Å². The second-order valence-electron chi connectivity index (χ2n) is 3.68. The van der Waals surface area contributed by atoms with Gasteiger partial charge < -0.3 is 0 Å². The molecule has 0 aliphatic carbocycles. The van der Waals surface area contributed by atoms with E-state index in [4.69, 9.17) is 4.84 Å². The third kappa shape index (κ3) is 2.92. The Morgan fingerprint density at radius 1 is 1.15 bits per heavy atom. The maximum absolute atomic E-state index is 11.8. The summed E-state index contributed by atoms with van der Waals surface area (Å²) in [6.45, 7) is 0. The first kappa shape index (κ1) is 13.5. The van der Waals surface area contributed by atoms with Crippen molar-refractivity contribution in [2.24, 2.45) is 4.99 Å². The van der Waals surface area contributed by atoms with Crippen LogP contribution in [0.2, 0.25) is 0 Å². The van der Waals surface area contributed by atoms with Crippen LogP contribution in [-0.4, -0.2) is 34.2 Å². The Morgan fingerprint density at radius 2 is 1.75 bits per heavy atom. The molecule has 0 bridgehead atoms. The molecule has 1 heterocycles. The third-order valence-electron chi connectivity index (χ3n) is 2.36. The second kappa shape index (κ2) is 5.83. The van der Waals surface area contributed by atoms with E-state index in [1.54, 1.807) is 0 Å². The van der Waals surface area contributed by atoms with Gasteiger partial charge in [-0.3, -0.25) is 0 Å². The molecule has 0 atom stereocenters. The fraction of sp³-hybridized carbons (Fsp3) is 0. The van der Waals surface area contributed by atoms with Crippen LogP contribution < -0.4 is 4.84 Å². The molecule has 0 spiro atoms. The monoisotopic (exact) mass is 272 g/mol. The molecule has 0 aliphatic heterocycles. The van der Waals surface area contributed by atoms with Gasteiger partial charge in [0.15, 0.2) is 0 Å². The number of carbonyl (C=O) groups is 1. The van der Waals surface area contributed by atoms with Gasteiger partial charge in [0.1, 0.15) is 0 Å². The van der Waals surface area contributed by atoms with Crippen molar-refractivity contribution in [3.63, 3.8) is 0 Å². The van der Waals surface area contributed by atoms with Crippen LogP contribution in [0, 0.1) is 0 Å². The Morgan fingerprint density at radius 3 is 2.30 bits per heavy atom. The van der Waals surface area contributed by atoms with Crippen molar-refractivity contribution in [2.75, 3.05) is 0 Å². The Labute approximate surface area is 114 Å². The average Bonchev–Trinajstić information content (AvgIpc) is 2.77. The van der Waals surface area contributed by atoms with Crippen molar-refractivity contribution in [3.8, 4) is 11.8 Å². The first-order chi connectivity index (χ1) is 9.61. The van der Waals surface area contributed by atoms with Crippen molar-refractivity contribution in [1.29, 1.82) is 0 Å². The summed E-state index contributed by atoms with van der Waals surface area (Å²) in [4.78, 5) is 20.4. The van der Waals surface area contributed by atoms with E-state index in [0.717, 1.165) is 6.11 Å². The molecule has 0 radical (unpaired) electrons. The number of carbonyl (C=O) groups excluding carboxylic acids is 1. The zero-order valence-electron chi connectivity index (χ0n) is 10.1. The average molecular weight is 272 g/mol. The van der Waals surface area contributed by atoms with Gasteiger partial charge in [-0.1, -0.05) is 0 Å².